The molecule has 0 radical (unpaired) electrons. The van der Waals surface area contributed by atoms with Crippen molar-refractivity contribution in [2.24, 2.45) is 4.99 Å². The Kier molecular flexibility index (Phi) is 6.00. The molecular weight excluding hydrogens is 396 g/mol. The molecule has 2 aromatic rings. The minimum atomic E-state index is -0.195. The third-order valence-corrected chi connectivity index (χ3v) is 5.66. The molecule has 144 valence electrons. The molecule has 0 N–H and O–H groups in total. The number of amidine groups is 1. The molecule has 0 aliphatic carbocycles. The van der Waals surface area contributed by atoms with Crippen molar-refractivity contribution >= 4 is 40.5 Å². The summed E-state index contributed by atoms with van der Waals surface area (Å²) in [4.78, 5) is 19.2. The fourth-order valence-corrected chi connectivity index (χ4v) is 3.97. The third kappa shape index (κ3) is 4.76. The predicted octanol–water partition coefficient (Wildman–Crippen LogP) is 4.22. The maximum absolute atomic E-state index is 12.3. The summed E-state index contributed by atoms with van der Waals surface area (Å²) in [5.74, 6) is 0.549. The van der Waals surface area contributed by atoms with E-state index in [0.717, 1.165) is 35.1 Å². The van der Waals surface area contributed by atoms with Gasteiger partial charge in [-0.3, -0.25) is 4.79 Å². The minimum Gasteiger partial charge on any atom is -0.489 e. The van der Waals surface area contributed by atoms with Crippen LogP contribution in [0.3, 0.4) is 0 Å². The maximum atomic E-state index is 12.3. The molecule has 28 heavy (non-hydrogen) atoms. The largest absolute Gasteiger partial charge is 0.489 e. The maximum Gasteiger partial charge on any atom is 0.286 e. The number of hydrogen-bond acceptors (Lipinski definition) is 5. The van der Waals surface area contributed by atoms with Gasteiger partial charge in [0.1, 0.15) is 12.4 Å². The second kappa shape index (κ2) is 8.82. The van der Waals surface area contributed by atoms with Gasteiger partial charge in [0.05, 0.1) is 18.1 Å². The predicted molar refractivity (Wildman–Crippen MR) is 113 cm³/mol. The van der Waals surface area contributed by atoms with E-state index in [-0.39, 0.29) is 5.91 Å². The molecule has 0 unspecified atom stereocenters. The topological polar surface area (TPSA) is 51.1 Å². The molecule has 1 amide bonds. The number of hydrogen-bond donors (Lipinski definition) is 0. The van der Waals surface area contributed by atoms with Crippen LogP contribution in [0.4, 0.5) is 0 Å². The van der Waals surface area contributed by atoms with E-state index in [0.29, 0.717) is 29.7 Å². The summed E-state index contributed by atoms with van der Waals surface area (Å²) >= 11 is 7.32. The number of ether oxygens (including phenoxy) is 2. The van der Waals surface area contributed by atoms with Crippen molar-refractivity contribution in [2.75, 3.05) is 26.3 Å². The number of morpholine rings is 1. The zero-order valence-corrected chi connectivity index (χ0v) is 16.7. The van der Waals surface area contributed by atoms with Gasteiger partial charge in [0.15, 0.2) is 5.17 Å². The van der Waals surface area contributed by atoms with Gasteiger partial charge in [-0.1, -0.05) is 35.9 Å². The van der Waals surface area contributed by atoms with Crippen LogP contribution in [0.5, 0.6) is 5.75 Å². The molecule has 5 nitrogen and oxygen atoms in total. The highest BCUT2D eigenvalue weighted by molar-refractivity contribution is 8.18. The van der Waals surface area contributed by atoms with Crippen LogP contribution in [0.1, 0.15) is 11.1 Å². The van der Waals surface area contributed by atoms with Crippen molar-refractivity contribution in [1.82, 2.24) is 4.90 Å². The van der Waals surface area contributed by atoms with Crippen molar-refractivity contribution in [3.8, 4) is 5.75 Å². The molecule has 1 saturated heterocycles. The number of amides is 1. The summed E-state index contributed by atoms with van der Waals surface area (Å²) in [6, 6.07) is 15.2. The molecule has 2 aliphatic rings. The van der Waals surface area contributed by atoms with E-state index in [1.807, 2.05) is 54.6 Å². The summed E-state index contributed by atoms with van der Waals surface area (Å²) in [6.45, 7) is 3.32. The number of nitrogens with zero attached hydrogens (tertiary/aromatic N) is 2. The first-order valence-corrected chi connectivity index (χ1v) is 10.2. The van der Waals surface area contributed by atoms with Gasteiger partial charge in [0.25, 0.3) is 5.91 Å². The highest BCUT2D eigenvalue weighted by Crippen LogP contribution is 2.31. The summed E-state index contributed by atoms with van der Waals surface area (Å²) in [6.07, 6.45) is 1.86. The molecule has 2 heterocycles. The lowest BCUT2D eigenvalue weighted by atomic mass is 10.2. The monoisotopic (exact) mass is 414 g/mol. The molecule has 0 bridgehead atoms. The van der Waals surface area contributed by atoms with Gasteiger partial charge >= 0.3 is 0 Å². The van der Waals surface area contributed by atoms with Crippen molar-refractivity contribution in [3.63, 3.8) is 0 Å². The summed E-state index contributed by atoms with van der Waals surface area (Å²) in [5.41, 5.74) is 1.95. The molecule has 7 heteroatoms. The molecule has 0 saturated carbocycles. The lowest BCUT2D eigenvalue weighted by molar-refractivity contribution is -0.113. The molecular formula is C21H19ClN2O3S. The van der Waals surface area contributed by atoms with E-state index in [1.165, 1.54) is 11.8 Å². The number of rotatable bonds is 4. The lowest BCUT2D eigenvalue weighted by Crippen LogP contribution is -2.38. The molecule has 2 aliphatic heterocycles. The summed E-state index contributed by atoms with van der Waals surface area (Å²) in [5, 5.41) is 1.46. The molecule has 1 fully saturated rings. The lowest BCUT2D eigenvalue weighted by Gasteiger charge is -2.27. The Morgan fingerprint density at radius 3 is 2.75 bits per heavy atom. The Labute approximate surface area is 173 Å². The first-order chi connectivity index (χ1) is 13.7. The SMILES string of the molecule is O=C1N=C(N2CCOCC2)SC1=Cc1cccc(OCc2ccc(Cl)cc2)c1. The van der Waals surface area contributed by atoms with E-state index in [2.05, 4.69) is 9.89 Å². The second-order valence-corrected chi connectivity index (χ2v) is 7.84. The number of halogens is 1. The number of thioether (sulfide) groups is 1. The fraction of sp³-hybridized carbons (Fsp3) is 0.238. The Bertz CT molecular complexity index is 922. The van der Waals surface area contributed by atoms with E-state index in [9.17, 15) is 4.79 Å². The number of carbonyl (C=O) groups is 1. The van der Waals surface area contributed by atoms with Crippen LogP contribution in [0.25, 0.3) is 6.08 Å². The van der Waals surface area contributed by atoms with Gasteiger partial charge in [0, 0.05) is 18.1 Å². The van der Waals surface area contributed by atoms with Crippen LogP contribution >= 0.6 is 23.4 Å². The van der Waals surface area contributed by atoms with Gasteiger partial charge in [-0.05, 0) is 53.2 Å². The summed E-state index contributed by atoms with van der Waals surface area (Å²) in [7, 11) is 0. The Morgan fingerprint density at radius 1 is 1.18 bits per heavy atom. The molecule has 0 aromatic heterocycles. The van der Waals surface area contributed by atoms with E-state index < -0.39 is 0 Å². The van der Waals surface area contributed by atoms with E-state index in [4.69, 9.17) is 21.1 Å². The third-order valence-electron chi connectivity index (χ3n) is 4.37. The molecule has 0 spiro atoms. The van der Waals surface area contributed by atoms with Gasteiger partial charge in [-0.15, -0.1) is 0 Å². The van der Waals surface area contributed by atoms with Gasteiger partial charge in [-0.2, -0.15) is 4.99 Å². The number of aliphatic imine (C=N–C) groups is 1. The zero-order chi connectivity index (χ0) is 19.3. The second-order valence-electron chi connectivity index (χ2n) is 6.40. The van der Waals surface area contributed by atoms with Crippen LogP contribution in [-0.2, 0) is 16.1 Å². The molecule has 0 atom stereocenters. The number of carbonyl (C=O) groups excluding carboxylic acids is 1. The van der Waals surface area contributed by atoms with Crippen molar-refractivity contribution in [1.29, 1.82) is 0 Å². The van der Waals surface area contributed by atoms with E-state index >= 15 is 0 Å². The van der Waals surface area contributed by atoms with Gasteiger partial charge in [-0.25, -0.2) is 0 Å². The van der Waals surface area contributed by atoms with Crippen LogP contribution in [-0.4, -0.2) is 42.3 Å². The fourth-order valence-electron chi connectivity index (χ4n) is 2.88. The highest BCUT2D eigenvalue weighted by atomic mass is 35.5. The van der Waals surface area contributed by atoms with Crippen LogP contribution in [0.2, 0.25) is 5.02 Å². The smallest absolute Gasteiger partial charge is 0.286 e. The van der Waals surface area contributed by atoms with Crippen LogP contribution in [0, 0.1) is 0 Å². The van der Waals surface area contributed by atoms with Gasteiger partial charge in [0.2, 0.25) is 0 Å². The standard InChI is InChI=1S/C21H19ClN2O3S/c22-17-6-4-15(5-7-17)14-27-18-3-1-2-16(12-18)13-19-20(25)23-21(28-19)24-8-10-26-11-9-24/h1-7,12-13H,8-11,14H2. The van der Waals surface area contributed by atoms with E-state index in [1.54, 1.807) is 0 Å². The Balaban J connectivity index is 1.41. The average molecular weight is 415 g/mol. The van der Waals surface area contributed by atoms with Crippen molar-refractivity contribution in [2.45, 2.75) is 6.61 Å². The highest BCUT2D eigenvalue weighted by Gasteiger charge is 2.27. The number of benzene rings is 2. The van der Waals surface area contributed by atoms with Crippen molar-refractivity contribution in [3.05, 3.63) is 69.6 Å². The molecule has 2 aromatic carbocycles. The molecule has 4 rings (SSSR count). The Morgan fingerprint density at radius 2 is 1.96 bits per heavy atom. The van der Waals surface area contributed by atoms with Crippen molar-refractivity contribution < 1.29 is 14.3 Å². The first-order valence-electron chi connectivity index (χ1n) is 9.00. The quantitative estimate of drug-likeness (QED) is 0.701. The van der Waals surface area contributed by atoms with Gasteiger partial charge < -0.3 is 14.4 Å². The zero-order valence-electron chi connectivity index (χ0n) is 15.1. The van der Waals surface area contributed by atoms with Crippen LogP contribution in [0.15, 0.2) is 58.4 Å². The first kappa shape index (κ1) is 19.1. The normalized spacial score (nSPS) is 18.5. The average Bonchev–Trinajstić information content (AvgIpc) is 3.09. The minimum absolute atomic E-state index is 0.195. The Hall–Kier alpha value is -2.28. The summed E-state index contributed by atoms with van der Waals surface area (Å²) < 4.78 is 11.2. The van der Waals surface area contributed by atoms with Crippen LogP contribution < -0.4 is 4.74 Å².